The summed E-state index contributed by atoms with van der Waals surface area (Å²) in [5, 5.41) is 0. The topological polar surface area (TPSA) is 78.9 Å². The lowest BCUT2D eigenvalue weighted by Crippen LogP contribution is -2.30. The van der Waals surface area contributed by atoms with Crippen LogP contribution < -0.4 is 0 Å². The Morgan fingerprint density at radius 2 is 0.468 bits per heavy atom. The number of carbonyl (C=O) groups excluding carboxylic acids is 3. The van der Waals surface area contributed by atoms with Crippen LogP contribution in [-0.4, -0.2) is 37.2 Å². The van der Waals surface area contributed by atoms with Crippen molar-refractivity contribution in [1.29, 1.82) is 0 Å². The van der Waals surface area contributed by atoms with Crippen molar-refractivity contribution in [2.45, 2.75) is 386 Å². The summed E-state index contributed by atoms with van der Waals surface area (Å²) in [6.07, 6.45) is 81.6. The van der Waals surface area contributed by atoms with Gasteiger partial charge in [-0.1, -0.05) is 320 Å². The van der Waals surface area contributed by atoms with Gasteiger partial charge in [0.1, 0.15) is 13.2 Å². The molecule has 0 saturated carbocycles. The van der Waals surface area contributed by atoms with Crippen LogP contribution in [-0.2, 0) is 28.6 Å². The summed E-state index contributed by atoms with van der Waals surface area (Å²) in [5.74, 6) is -0.847. The number of unbranched alkanes of at least 4 members (excludes halogenated alkanes) is 47. The van der Waals surface area contributed by atoms with E-state index in [4.69, 9.17) is 14.2 Å². The fourth-order valence-electron chi connectivity index (χ4n) is 10.4. The first-order chi connectivity index (χ1) is 38.0. The zero-order chi connectivity index (χ0) is 55.7. The fourth-order valence-corrected chi connectivity index (χ4v) is 10.4. The van der Waals surface area contributed by atoms with Crippen LogP contribution >= 0.6 is 0 Å². The largest absolute Gasteiger partial charge is 0.462 e. The zero-order valence-electron chi connectivity index (χ0n) is 52.0. The summed E-state index contributed by atoms with van der Waals surface area (Å²) in [4.78, 5) is 38.4. The summed E-state index contributed by atoms with van der Waals surface area (Å²) >= 11 is 0. The molecule has 0 aliphatic rings. The van der Waals surface area contributed by atoms with Gasteiger partial charge in [0.15, 0.2) is 6.10 Å². The Morgan fingerprint density at radius 3 is 0.753 bits per heavy atom. The molecule has 6 heteroatoms. The third kappa shape index (κ3) is 64.3. The van der Waals surface area contributed by atoms with Gasteiger partial charge in [0.05, 0.1) is 0 Å². The Kier molecular flexibility index (Phi) is 64.1. The summed E-state index contributed by atoms with van der Waals surface area (Å²) in [6.45, 7) is 6.69. The number of allylic oxidation sites excluding steroid dienone is 6. The fraction of sp³-hybridized carbons (Fsp3) is 0.873. The van der Waals surface area contributed by atoms with Gasteiger partial charge in [0, 0.05) is 19.3 Å². The van der Waals surface area contributed by atoms with E-state index in [0.717, 1.165) is 64.2 Å². The van der Waals surface area contributed by atoms with Gasteiger partial charge in [-0.05, 0) is 77.0 Å². The number of esters is 3. The van der Waals surface area contributed by atoms with Crippen molar-refractivity contribution in [3.8, 4) is 0 Å². The molecule has 452 valence electrons. The maximum Gasteiger partial charge on any atom is 0.306 e. The van der Waals surface area contributed by atoms with E-state index in [-0.39, 0.29) is 31.1 Å². The van der Waals surface area contributed by atoms with Crippen LogP contribution in [0.4, 0.5) is 0 Å². The second-order valence-corrected chi connectivity index (χ2v) is 23.4. The molecule has 0 heterocycles. The highest BCUT2D eigenvalue weighted by Gasteiger charge is 2.19. The highest BCUT2D eigenvalue weighted by Crippen LogP contribution is 2.18. The molecule has 0 bridgehead atoms. The molecule has 0 fully saturated rings. The van der Waals surface area contributed by atoms with E-state index in [9.17, 15) is 14.4 Å². The standard InChI is InChI=1S/C71H132O6/c1-4-7-10-13-16-19-22-25-28-31-34-35-38-40-43-46-49-52-55-58-61-64-70(73)76-67-68(77-71(74)65-62-59-56-53-50-47-44-41-37-33-30-27-24-21-18-15-12-9-6-3)66-75-69(72)63-60-57-54-51-48-45-42-39-36-32-29-26-23-20-17-14-11-8-5-2/h18,21,27,30-31,34,68H,4-17,19-20,22-26,28-29,32-33,35-67H2,1-3H3/b21-18-,30-27-,34-31-. The lowest BCUT2D eigenvalue weighted by molar-refractivity contribution is -0.167. The van der Waals surface area contributed by atoms with Gasteiger partial charge in [-0.2, -0.15) is 0 Å². The van der Waals surface area contributed by atoms with Gasteiger partial charge in [0.2, 0.25) is 0 Å². The molecular formula is C71H132O6. The SMILES string of the molecule is CCCCC/C=C\C/C=C\CCCCCCCCCCCC(=O)OC(COC(=O)CCCCCCCCCCC/C=C\CCCCCCCCCC)COC(=O)CCCCCCCCCCCCCCCCCCCCC. The monoisotopic (exact) mass is 1080 g/mol. The summed E-state index contributed by atoms with van der Waals surface area (Å²) in [6, 6.07) is 0. The smallest absolute Gasteiger partial charge is 0.306 e. The van der Waals surface area contributed by atoms with Crippen LogP contribution in [0.5, 0.6) is 0 Å². The lowest BCUT2D eigenvalue weighted by Gasteiger charge is -2.18. The van der Waals surface area contributed by atoms with Crippen molar-refractivity contribution in [2.24, 2.45) is 0 Å². The molecule has 0 aliphatic heterocycles. The van der Waals surface area contributed by atoms with Crippen LogP contribution in [0.1, 0.15) is 380 Å². The first-order valence-corrected chi connectivity index (χ1v) is 34.5. The van der Waals surface area contributed by atoms with E-state index in [1.807, 2.05) is 0 Å². The molecule has 0 spiro atoms. The van der Waals surface area contributed by atoms with Crippen LogP contribution in [0.25, 0.3) is 0 Å². The molecule has 0 N–H and O–H groups in total. The normalized spacial score (nSPS) is 12.2. The van der Waals surface area contributed by atoms with Gasteiger partial charge in [-0.25, -0.2) is 0 Å². The maximum atomic E-state index is 12.9. The summed E-state index contributed by atoms with van der Waals surface area (Å²) in [5.41, 5.74) is 0. The summed E-state index contributed by atoms with van der Waals surface area (Å²) < 4.78 is 17.0. The average molecular weight is 1080 g/mol. The Morgan fingerprint density at radius 1 is 0.260 bits per heavy atom. The van der Waals surface area contributed by atoms with Crippen molar-refractivity contribution in [1.82, 2.24) is 0 Å². The van der Waals surface area contributed by atoms with E-state index in [0.29, 0.717) is 19.3 Å². The van der Waals surface area contributed by atoms with Crippen LogP contribution in [0.15, 0.2) is 36.5 Å². The molecule has 0 aromatic carbocycles. The molecule has 0 saturated heterocycles. The molecule has 77 heavy (non-hydrogen) atoms. The van der Waals surface area contributed by atoms with Crippen molar-refractivity contribution in [3.63, 3.8) is 0 Å². The Balaban J connectivity index is 4.32. The first kappa shape index (κ1) is 74.6. The van der Waals surface area contributed by atoms with Crippen LogP contribution in [0, 0.1) is 0 Å². The molecule has 0 rings (SSSR count). The molecular weight excluding hydrogens is 949 g/mol. The van der Waals surface area contributed by atoms with Gasteiger partial charge >= 0.3 is 17.9 Å². The molecule has 0 radical (unpaired) electrons. The number of carbonyl (C=O) groups is 3. The van der Waals surface area contributed by atoms with E-state index in [1.54, 1.807) is 0 Å². The van der Waals surface area contributed by atoms with Crippen molar-refractivity contribution >= 4 is 17.9 Å². The number of hydrogen-bond donors (Lipinski definition) is 0. The van der Waals surface area contributed by atoms with Crippen LogP contribution in [0.3, 0.4) is 0 Å². The number of rotatable bonds is 64. The third-order valence-electron chi connectivity index (χ3n) is 15.6. The highest BCUT2D eigenvalue weighted by molar-refractivity contribution is 5.71. The van der Waals surface area contributed by atoms with E-state index < -0.39 is 6.10 Å². The predicted octanol–water partition coefficient (Wildman–Crippen LogP) is 23.6. The van der Waals surface area contributed by atoms with E-state index >= 15 is 0 Å². The third-order valence-corrected chi connectivity index (χ3v) is 15.6. The summed E-state index contributed by atoms with van der Waals surface area (Å²) in [7, 11) is 0. The lowest BCUT2D eigenvalue weighted by atomic mass is 10.0. The van der Waals surface area contributed by atoms with Gasteiger partial charge in [-0.15, -0.1) is 0 Å². The van der Waals surface area contributed by atoms with E-state index in [2.05, 4.69) is 57.2 Å². The second kappa shape index (κ2) is 66.1. The maximum absolute atomic E-state index is 12.9. The van der Waals surface area contributed by atoms with Crippen molar-refractivity contribution < 1.29 is 28.6 Å². The molecule has 0 aromatic heterocycles. The van der Waals surface area contributed by atoms with Crippen molar-refractivity contribution in [3.05, 3.63) is 36.5 Å². The average Bonchev–Trinajstić information content (AvgIpc) is 3.43. The second-order valence-electron chi connectivity index (χ2n) is 23.4. The molecule has 1 unspecified atom stereocenters. The molecule has 1 atom stereocenters. The van der Waals surface area contributed by atoms with E-state index in [1.165, 1.54) is 276 Å². The number of ether oxygens (including phenoxy) is 3. The minimum atomic E-state index is -0.774. The molecule has 0 aliphatic carbocycles. The van der Waals surface area contributed by atoms with Gasteiger partial charge in [0.25, 0.3) is 0 Å². The Hall–Kier alpha value is -2.37. The molecule has 0 amide bonds. The van der Waals surface area contributed by atoms with Gasteiger partial charge in [-0.3, -0.25) is 14.4 Å². The quantitative estimate of drug-likeness (QED) is 0.0261. The highest BCUT2D eigenvalue weighted by atomic mass is 16.6. The van der Waals surface area contributed by atoms with Crippen LogP contribution in [0.2, 0.25) is 0 Å². The minimum Gasteiger partial charge on any atom is -0.462 e. The first-order valence-electron chi connectivity index (χ1n) is 34.5. The Bertz CT molecular complexity index is 1290. The molecule has 0 aromatic rings. The van der Waals surface area contributed by atoms with Crippen molar-refractivity contribution in [2.75, 3.05) is 13.2 Å². The van der Waals surface area contributed by atoms with Gasteiger partial charge < -0.3 is 14.2 Å². The minimum absolute atomic E-state index is 0.0696. The molecule has 6 nitrogen and oxygen atoms in total. The number of hydrogen-bond acceptors (Lipinski definition) is 6. The zero-order valence-corrected chi connectivity index (χ0v) is 52.0. The Labute approximate surface area is 480 Å². The predicted molar refractivity (Wildman–Crippen MR) is 335 cm³/mol.